The Morgan fingerprint density at radius 1 is 1.12 bits per heavy atom. The molecule has 1 amide bonds. The van der Waals surface area contributed by atoms with E-state index >= 15 is 0 Å². The summed E-state index contributed by atoms with van der Waals surface area (Å²) in [6.45, 7) is 6.02. The van der Waals surface area contributed by atoms with E-state index in [1.54, 1.807) is 16.7 Å². The number of carbonyl (C=O) groups is 1. The minimum Gasteiger partial charge on any atom is -0.493 e. The first-order chi connectivity index (χ1) is 12.0. The first-order valence-electron chi connectivity index (χ1n) is 8.39. The second-order valence-corrected chi connectivity index (χ2v) is 6.21. The van der Waals surface area contributed by atoms with Gasteiger partial charge in [0.25, 0.3) is 5.91 Å². The zero-order valence-electron chi connectivity index (χ0n) is 14.6. The van der Waals surface area contributed by atoms with E-state index in [9.17, 15) is 9.90 Å². The number of carbonyl (C=O) groups excluding carboxylic acids is 1. The van der Waals surface area contributed by atoms with Crippen molar-refractivity contribution in [2.45, 2.75) is 33.2 Å². The summed E-state index contributed by atoms with van der Waals surface area (Å²) in [5.41, 5.74) is 2.82. The number of azo groups is 1. The number of para-hydroxylation sites is 1. The first-order valence-corrected chi connectivity index (χ1v) is 8.39. The lowest BCUT2D eigenvalue weighted by molar-refractivity contribution is 0.0995. The number of nitrogens with zero attached hydrogens (tertiary/aromatic N) is 3. The van der Waals surface area contributed by atoms with Crippen molar-refractivity contribution in [2.75, 3.05) is 0 Å². The van der Waals surface area contributed by atoms with Crippen molar-refractivity contribution in [3.63, 3.8) is 0 Å². The topological polar surface area (TPSA) is 66.9 Å². The molecule has 3 aromatic rings. The van der Waals surface area contributed by atoms with E-state index in [4.69, 9.17) is 0 Å². The van der Waals surface area contributed by atoms with Gasteiger partial charge < -0.3 is 9.67 Å². The molecule has 3 rings (SSSR count). The molecule has 25 heavy (non-hydrogen) atoms. The summed E-state index contributed by atoms with van der Waals surface area (Å²) >= 11 is 0. The van der Waals surface area contributed by atoms with Crippen molar-refractivity contribution in [3.05, 3.63) is 59.7 Å². The summed E-state index contributed by atoms with van der Waals surface area (Å²) in [5, 5.41) is 19.2. The summed E-state index contributed by atoms with van der Waals surface area (Å²) in [4.78, 5) is 12.3. The maximum Gasteiger partial charge on any atom is 0.295 e. The number of fused-ring (bicyclic) bond motifs is 1. The molecule has 0 fully saturated rings. The van der Waals surface area contributed by atoms with Crippen LogP contribution in [0, 0.1) is 0 Å². The van der Waals surface area contributed by atoms with E-state index in [1.807, 2.05) is 50.2 Å². The highest BCUT2D eigenvalue weighted by atomic mass is 16.3. The zero-order chi connectivity index (χ0) is 18.0. The molecular formula is C20H21N3O2. The van der Waals surface area contributed by atoms with E-state index in [0.717, 1.165) is 22.9 Å². The van der Waals surface area contributed by atoms with Crippen molar-refractivity contribution in [2.24, 2.45) is 10.2 Å². The Labute approximate surface area is 146 Å². The summed E-state index contributed by atoms with van der Waals surface area (Å²) in [5.74, 6) is -0.405. The minimum absolute atomic E-state index is 0.0223. The van der Waals surface area contributed by atoms with Gasteiger partial charge in [0.05, 0.1) is 5.52 Å². The fraction of sp³-hybridized carbons (Fsp3) is 0.250. The second-order valence-electron chi connectivity index (χ2n) is 6.21. The van der Waals surface area contributed by atoms with Gasteiger partial charge in [0, 0.05) is 17.0 Å². The van der Waals surface area contributed by atoms with Crippen molar-refractivity contribution in [3.8, 4) is 5.88 Å². The van der Waals surface area contributed by atoms with Crippen molar-refractivity contribution < 1.29 is 9.90 Å². The van der Waals surface area contributed by atoms with E-state index in [-0.39, 0.29) is 11.9 Å². The highest BCUT2D eigenvalue weighted by Crippen LogP contribution is 2.40. The summed E-state index contributed by atoms with van der Waals surface area (Å²) in [6, 6.07) is 14.9. The smallest absolute Gasteiger partial charge is 0.295 e. The number of aromatic nitrogens is 1. The van der Waals surface area contributed by atoms with Crippen LogP contribution < -0.4 is 0 Å². The lowest BCUT2D eigenvalue weighted by Gasteiger charge is -2.10. The molecule has 0 atom stereocenters. The number of hydrogen-bond acceptors (Lipinski definition) is 3. The molecule has 1 aromatic heterocycles. The van der Waals surface area contributed by atoms with Gasteiger partial charge in [0.2, 0.25) is 5.88 Å². The summed E-state index contributed by atoms with van der Waals surface area (Å²) in [7, 11) is 0. The van der Waals surface area contributed by atoms with Crippen LogP contribution in [0.15, 0.2) is 58.8 Å². The molecule has 0 aliphatic rings. The lowest BCUT2D eigenvalue weighted by Crippen LogP contribution is -1.98. The molecule has 5 nitrogen and oxygen atoms in total. The Hall–Kier alpha value is -2.95. The molecule has 0 aliphatic heterocycles. The third-order valence-corrected chi connectivity index (χ3v) is 4.23. The van der Waals surface area contributed by atoms with Gasteiger partial charge in [-0.15, -0.1) is 10.2 Å². The molecule has 0 spiro atoms. The Balaban J connectivity index is 1.98. The fourth-order valence-electron chi connectivity index (χ4n) is 2.89. The summed E-state index contributed by atoms with van der Waals surface area (Å²) in [6.07, 6.45) is 0.915. The molecule has 2 aromatic carbocycles. The van der Waals surface area contributed by atoms with E-state index in [1.165, 1.54) is 0 Å². The highest BCUT2D eigenvalue weighted by Gasteiger charge is 2.18. The molecule has 1 N–H and O–H groups in total. The second kappa shape index (κ2) is 6.89. The highest BCUT2D eigenvalue weighted by molar-refractivity contribution is 5.97. The largest absolute Gasteiger partial charge is 0.493 e. The number of aromatic hydroxyl groups is 1. The molecule has 0 bridgehead atoms. The monoisotopic (exact) mass is 335 g/mol. The normalized spacial score (nSPS) is 11.7. The van der Waals surface area contributed by atoms with Crippen LogP contribution in [0.5, 0.6) is 5.88 Å². The van der Waals surface area contributed by atoms with Gasteiger partial charge in [-0.2, -0.15) is 0 Å². The van der Waals surface area contributed by atoms with Gasteiger partial charge in [0.15, 0.2) is 5.69 Å². The van der Waals surface area contributed by atoms with Crippen molar-refractivity contribution >= 4 is 22.5 Å². The third-order valence-electron chi connectivity index (χ3n) is 4.23. The van der Waals surface area contributed by atoms with Crippen LogP contribution in [0.1, 0.15) is 42.7 Å². The SMILES string of the molecule is CCc1ccc(C(=O)N=Nc2c(O)n(C(C)C)c3ccccc23)cc1. The molecule has 128 valence electrons. The van der Waals surface area contributed by atoms with Crippen LogP contribution >= 0.6 is 0 Å². The molecule has 5 heteroatoms. The first kappa shape index (κ1) is 16.9. The Morgan fingerprint density at radius 3 is 2.44 bits per heavy atom. The van der Waals surface area contributed by atoms with Gasteiger partial charge in [-0.1, -0.05) is 37.3 Å². The minimum atomic E-state index is -0.427. The van der Waals surface area contributed by atoms with Gasteiger partial charge in [-0.3, -0.25) is 4.79 Å². The fourth-order valence-corrected chi connectivity index (χ4v) is 2.89. The Bertz CT molecular complexity index is 937. The van der Waals surface area contributed by atoms with Gasteiger partial charge in [-0.05, 0) is 44.0 Å². The van der Waals surface area contributed by atoms with Crippen molar-refractivity contribution in [1.82, 2.24) is 4.57 Å². The number of amides is 1. The Kier molecular flexibility index (Phi) is 4.65. The molecule has 0 saturated carbocycles. The van der Waals surface area contributed by atoms with E-state index < -0.39 is 5.91 Å². The van der Waals surface area contributed by atoms with E-state index in [0.29, 0.717) is 11.3 Å². The maximum atomic E-state index is 12.3. The van der Waals surface area contributed by atoms with Crippen LogP contribution in [-0.4, -0.2) is 15.6 Å². The molecular weight excluding hydrogens is 314 g/mol. The molecule has 0 aliphatic carbocycles. The quantitative estimate of drug-likeness (QED) is 0.647. The third kappa shape index (κ3) is 3.18. The van der Waals surface area contributed by atoms with Crippen LogP contribution in [0.4, 0.5) is 5.69 Å². The molecule has 0 unspecified atom stereocenters. The van der Waals surface area contributed by atoms with E-state index in [2.05, 4.69) is 17.2 Å². The van der Waals surface area contributed by atoms with Gasteiger partial charge in [0.1, 0.15) is 0 Å². The average Bonchev–Trinajstić information content (AvgIpc) is 2.91. The predicted molar refractivity (Wildman–Crippen MR) is 98.7 cm³/mol. The predicted octanol–water partition coefficient (Wildman–Crippen LogP) is 5.41. The van der Waals surface area contributed by atoms with Crippen LogP contribution in [-0.2, 0) is 6.42 Å². The summed E-state index contributed by atoms with van der Waals surface area (Å²) < 4.78 is 1.78. The number of benzene rings is 2. The van der Waals surface area contributed by atoms with Crippen molar-refractivity contribution in [1.29, 1.82) is 0 Å². The standard InChI is InChI=1S/C20H21N3O2/c1-4-14-9-11-15(12-10-14)19(24)22-21-18-16-7-5-6-8-17(16)23(13(2)3)20(18)25/h5-13,25H,4H2,1-3H3. The van der Waals surface area contributed by atoms with Crippen LogP contribution in [0.25, 0.3) is 10.9 Å². The number of aryl methyl sites for hydroxylation is 1. The lowest BCUT2D eigenvalue weighted by atomic mass is 10.1. The zero-order valence-corrected chi connectivity index (χ0v) is 14.6. The average molecular weight is 335 g/mol. The van der Waals surface area contributed by atoms with Crippen LogP contribution in [0.3, 0.4) is 0 Å². The van der Waals surface area contributed by atoms with Crippen LogP contribution in [0.2, 0.25) is 0 Å². The number of rotatable bonds is 4. The molecule has 1 heterocycles. The number of hydrogen-bond donors (Lipinski definition) is 1. The maximum absolute atomic E-state index is 12.3. The Morgan fingerprint density at radius 2 is 1.80 bits per heavy atom. The van der Waals surface area contributed by atoms with Gasteiger partial charge >= 0.3 is 0 Å². The molecule has 0 radical (unpaired) electrons. The molecule has 0 saturated heterocycles. The van der Waals surface area contributed by atoms with Gasteiger partial charge in [-0.25, -0.2) is 0 Å².